The predicted molar refractivity (Wildman–Crippen MR) is 65.9 cm³/mol. The van der Waals surface area contributed by atoms with Gasteiger partial charge in [0.1, 0.15) is 0 Å². The molecule has 2 rings (SSSR count). The average molecular weight is 354 g/mol. The molecule has 2 aromatic rings. The number of fused-ring (bicyclic) bond motifs is 1. The first-order valence-electron chi connectivity index (χ1n) is 4.89. The minimum atomic E-state index is -6.00. The molecule has 2 aromatic carbocycles. The topological polar surface area (TPSA) is 59.7 Å². The van der Waals surface area contributed by atoms with Crippen molar-refractivity contribution in [3.05, 3.63) is 68.5 Å². The van der Waals surface area contributed by atoms with Crippen molar-refractivity contribution in [1.29, 1.82) is 0 Å². The molecule has 0 aliphatic carbocycles. The molecule has 1 radical (unpaired) electrons. The summed E-state index contributed by atoms with van der Waals surface area (Å²) < 4.78 is 61.5. The Morgan fingerprint density at radius 3 is 0.864 bits per heavy atom. The summed E-state index contributed by atoms with van der Waals surface area (Å²) in [6, 6.07) is 16.7. The maximum Gasteiger partial charge on any atom is 0 e. The maximum absolute atomic E-state index is 9.75. The van der Waals surface area contributed by atoms with E-state index in [1.165, 1.54) is 10.8 Å². The summed E-state index contributed by atoms with van der Waals surface area (Å²) in [5.74, 6) is 0. The molecule has 0 saturated heterocycles. The van der Waals surface area contributed by atoms with E-state index in [-0.39, 0.29) is 17.1 Å². The third-order valence-corrected chi connectivity index (χ3v) is 1.66. The van der Waals surface area contributed by atoms with E-state index in [2.05, 4.69) is 68.5 Å². The van der Waals surface area contributed by atoms with Gasteiger partial charge in [0.2, 0.25) is 0 Å². The first kappa shape index (κ1) is 28.4. The number of rotatable bonds is 0. The fourth-order valence-electron chi connectivity index (χ4n) is 1.13. The molecule has 117 valence electrons. The van der Waals surface area contributed by atoms with E-state index >= 15 is 0 Å². The monoisotopic (exact) mass is 354 g/mol. The molecule has 0 N–H and O–H groups in total. The molecular formula is C13H8BF4MnO3-. The van der Waals surface area contributed by atoms with E-state index < -0.39 is 7.25 Å². The van der Waals surface area contributed by atoms with Crippen LogP contribution in [0.15, 0.2) is 48.5 Å². The van der Waals surface area contributed by atoms with E-state index in [0.29, 0.717) is 0 Å². The van der Waals surface area contributed by atoms with Crippen molar-refractivity contribution in [1.82, 2.24) is 0 Å². The Morgan fingerprint density at radius 1 is 0.591 bits per heavy atom. The van der Waals surface area contributed by atoms with E-state index in [1.54, 1.807) is 0 Å². The Labute approximate surface area is 135 Å². The van der Waals surface area contributed by atoms with Gasteiger partial charge in [0.25, 0.3) is 0 Å². The number of hydrogen-bond donors (Lipinski definition) is 0. The van der Waals surface area contributed by atoms with Gasteiger partial charge < -0.3 is 17.3 Å². The molecule has 0 fully saturated rings. The summed E-state index contributed by atoms with van der Waals surface area (Å²) in [5, 5.41) is 2.62. The van der Waals surface area contributed by atoms with Crippen molar-refractivity contribution in [3.8, 4) is 0 Å². The second-order valence-electron chi connectivity index (χ2n) is 2.84. The third kappa shape index (κ3) is 20.5. The van der Waals surface area contributed by atoms with E-state index in [1.807, 2.05) is 0 Å². The zero-order valence-corrected chi connectivity index (χ0v) is 12.0. The standard InChI is InChI=1S/C10H8.3CO.BF4.Mn/c1-2-6-10-8-4-3-7-9(10)5-1;3*1-2;2-1(3,4)5;/h1-8H;;;;;/q;;;;-1;. The first-order chi connectivity index (χ1) is 9.97. The van der Waals surface area contributed by atoms with E-state index in [9.17, 15) is 17.3 Å². The summed E-state index contributed by atoms with van der Waals surface area (Å²) in [6.07, 6.45) is 0. The predicted octanol–water partition coefficient (Wildman–Crippen LogP) is 4.02. The van der Waals surface area contributed by atoms with Crippen LogP contribution in [0.4, 0.5) is 17.3 Å². The molecule has 0 atom stereocenters. The Morgan fingerprint density at radius 2 is 0.727 bits per heavy atom. The molecule has 0 aliphatic rings. The molecule has 0 bridgehead atoms. The van der Waals surface area contributed by atoms with Crippen molar-refractivity contribution in [2.75, 3.05) is 0 Å². The normalized spacial score (nSPS) is 7.55. The summed E-state index contributed by atoms with van der Waals surface area (Å²) >= 11 is 0. The van der Waals surface area contributed by atoms with Crippen LogP contribution < -0.4 is 0 Å². The molecule has 0 spiro atoms. The van der Waals surface area contributed by atoms with Crippen LogP contribution in [0.2, 0.25) is 0 Å². The molecule has 0 heterocycles. The second-order valence-corrected chi connectivity index (χ2v) is 2.84. The maximum atomic E-state index is 9.75. The van der Waals surface area contributed by atoms with Crippen molar-refractivity contribution >= 4 is 18.0 Å². The summed E-state index contributed by atoms with van der Waals surface area (Å²) in [6.45, 7) is 13.5. The van der Waals surface area contributed by atoms with Crippen molar-refractivity contribution in [3.63, 3.8) is 0 Å². The van der Waals surface area contributed by atoms with Crippen LogP contribution in [0.3, 0.4) is 0 Å². The van der Waals surface area contributed by atoms with Crippen LogP contribution in [0.1, 0.15) is 0 Å². The molecule has 0 unspecified atom stereocenters. The second kappa shape index (κ2) is 19.2. The SMILES string of the molecule is F[B-](F)(F)F.[C-]#[O+].[C-]#[O+].[C-]#[O+].[Mn].c1ccc2ccccc2c1. The van der Waals surface area contributed by atoms with Crippen LogP contribution in [-0.2, 0) is 31.0 Å². The fourth-order valence-corrected chi connectivity index (χ4v) is 1.13. The minimum absolute atomic E-state index is 0. The van der Waals surface area contributed by atoms with E-state index in [0.717, 1.165) is 0 Å². The third-order valence-electron chi connectivity index (χ3n) is 1.66. The molecule has 0 aromatic heterocycles. The van der Waals surface area contributed by atoms with Crippen LogP contribution in [0.5, 0.6) is 0 Å². The van der Waals surface area contributed by atoms with Crippen LogP contribution in [0.25, 0.3) is 10.8 Å². The Balaban J connectivity index is -0.000000117. The van der Waals surface area contributed by atoms with E-state index in [4.69, 9.17) is 14.0 Å². The van der Waals surface area contributed by atoms with Gasteiger partial charge in [-0.1, -0.05) is 48.5 Å². The van der Waals surface area contributed by atoms with Gasteiger partial charge in [-0.05, 0) is 10.8 Å². The molecule has 22 heavy (non-hydrogen) atoms. The summed E-state index contributed by atoms with van der Waals surface area (Å²) in [5.41, 5.74) is 0. The largest absolute Gasteiger partial charge is 0.0616 e. The Bertz CT molecular complexity index is 470. The smallest absolute Gasteiger partial charge is 0 e. The molecule has 3 nitrogen and oxygen atoms in total. The van der Waals surface area contributed by atoms with Crippen molar-refractivity contribution in [2.24, 2.45) is 0 Å². The Kier molecular flexibility index (Phi) is 24.8. The first-order valence-corrected chi connectivity index (χ1v) is 4.89. The Hall–Kier alpha value is -1.78. The molecule has 0 aliphatic heterocycles. The zero-order chi connectivity index (χ0) is 17.3. The molecule has 0 amide bonds. The number of halogens is 4. The summed E-state index contributed by atoms with van der Waals surface area (Å²) in [4.78, 5) is 0. The quantitative estimate of drug-likeness (QED) is 0.297. The van der Waals surface area contributed by atoms with Crippen LogP contribution in [0, 0.1) is 20.0 Å². The van der Waals surface area contributed by atoms with Crippen LogP contribution >= 0.6 is 0 Å². The van der Waals surface area contributed by atoms with Crippen molar-refractivity contribution < 1.29 is 48.3 Å². The van der Waals surface area contributed by atoms with Crippen molar-refractivity contribution in [2.45, 2.75) is 0 Å². The van der Waals surface area contributed by atoms with Gasteiger partial charge in [-0.3, -0.25) is 0 Å². The number of benzene rings is 2. The van der Waals surface area contributed by atoms with Gasteiger partial charge in [-0.2, -0.15) is 0 Å². The van der Waals surface area contributed by atoms with Gasteiger partial charge in [-0.15, -0.1) is 0 Å². The number of hydrogen-bond acceptors (Lipinski definition) is 0. The van der Waals surface area contributed by atoms with Gasteiger partial charge in [0.15, 0.2) is 0 Å². The zero-order valence-electron chi connectivity index (χ0n) is 10.8. The minimum Gasteiger partial charge on any atom is -0.0616 e. The fraction of sp³-hybridized carbons (Fsp3) is 0. The average Bonchev–Trinajstić information content (AvgIpc) is 2.52. The van der Waals surface area contributed by atoms with Gasteiger partial charge in [0, 0.05) is 17.1 Å². The van der Waals surface area contributed by atoms with Gasteiger partial charge >= 0.3 is 41.2 Å². The van der Waals surface area contributed by atoms with Gasteiger partial charge in [-0.25, -0.2) is 0 Å². The molecule has 0 saturated carbocycles. The molecular weight excluding hydrogens is 346 g/mol. The van der Waals surface area contributed by atoms with Gasteiger partial charge in [0.05, 0.1) is 0 Å². The summed E-state index contributed by atoms with van der Waals surface area (Å²) in [7, 11) is -6.00. The molecule has 9 heteroatoms. The van der Waals surface area contributed by atoms with Crippen LogP contribution in [-0.4, -0.2) is 7.25 Å².